The molecule has 1 rings (SSSR count). The van der Waals surface area contributed by atoms with Crippen LogP contribution in [0.5, 0.6) is 5.75 Å². The van der Waals surface area contributed by atoms with Gasteiger partial charge >= 0.3 is 0 Å². The summed E-state index contributed by atoms with van der Waals surface area (Å²) >= 11 is 0. The SMILES string of the molecule is C=CCN(CCO)C(=O)CCc1ccccc1OCC. The Bertz CT molecular complexity index is 431. The fourth-order valence-electron chi connectivity index (χ4n) is 2.00. The van der Waals surface area contributed by atoms with Crippen LogP contribution >= 0.6 is 0 Å². The number of aliphatic hydroxyl groups is 1. The van der Waals surface area contributed by atoms with Gasteiger partial charge in [0, 0.05) is 19.5 Å². The Labute approximate surface area is 120 Å². The smallest absolute Gasteiger partial charge is 0.223 e. The lowest BCUT2D eigenvalue weighted by atomic mass is 10.1. The summed E-state index contributed by atoms with van der Waals surface area (Å²) in [5.41, 5.74) is 1.03. The lowest BCUT2D eigenvalue weighted by Crippen LogP contribution is -2.33. The quantitative estimate of drug-likeness (QED) is 0.703. The molecule has 0 aliphatic rings. The van der Waals surface area contributed by atoms with Crippen LogP contribution in [0.1, 0.15) is 18.9 Å². The molecule has 0 bridgehead atoms. The number of carbonyl (C=O) groups excluding carboxylic acids is 1. The summed E-state index contributed by atoms with van der Waals surface area (Å²) in [5.74, 6) is 0.852. The number of ether oxygens (including phenoxy) is 1. The van der Waals surface area contributed by atoms with E-state index in [0.29, 0.717) is 32.5 Å². The van der Waals surface area contributed by atoms with Gasteiger partial charge in [-0.25, -0.2) is 0 Å². The molecule has 0 saturated heterocycles. The molecule has 110 valence electrons. The van der Waals surface area contributed by atoms with Crippen molar-refractivity contribution in [2.75, 3.05) is 26.3 Å². The molecule has 4 nitrogen and oxygen atoms in total. The van der Waals surface area contributed by atoms with Gasteiger partial charge in [0.15, 0.2) is 0 Å². The minimum atomic E-state index is -0.0326. The first-order valence-electron chi connectivity index (χ1n) is 6.93. The predicted octanol–water partition coefficient (Wildman–Crippen LogP) is 2.02. The molecule has 0 spiro atoms. The maximum absolute atomic E-state index is 12.1. The summed E-state index contributed by atoms with van der Waals surface area (Å²) in [7, 11) is 0. The molecule has 1 aromatic carbocycles. The summed E-state index contributed by atoms with van der Waals surface area (Å²) in [6, 6.07) is 7.75. The fourth-order valence-corrected chi connectivity index (χ4v) is 2.00. The molecule has 0 aromatic heterocycles. The van der Waals surface area contributed by atoms with Crippen molar-refractivity contribution in [1.82, 2.24) is 4.90 Å². The third-order valence-electron chi connectivity index (χ3n) is 2.95. The van der Waals surface area contributed by atoms with Crippen LogP contribution in [0.3, 0.4) is 0 Å². The Balaban J connectivity index is 2.61. The Hall–Kier alpha value is -1.81. The maximum Gasteiger partial charge on any atom is 0.223 e. The standard InChI is InChI=1S/C16H23NO3/c1-3-11-17(12-13-18)16(19)10-9-14-7-5-6-8-15(14)20-4-2/h3,5-8,18H,1,4,9-13H2,2H3. The van der Waals surface area contributed by atoms with E-state index < -0.39 is 0 Å². The molecule has 1 N–H and O–H groups in total. The average molecular weight is 277 g/mol. The zero-order chi connectivity index (χ0) is 14.8. The van der Waals surface area contributed by atoms with Crippen LogP contribution in [-0.4, -0.2) is 42.2 Å². The van der Waals surface area contributed by atoms with Gasteiger partial charge in [0.25, 0.3) is 0 Å². The summed E-state index contributed by atoms with van der Waals surface area (Å²) in [6.07, 6.45) is 2.70. The number of rotatable bonds is 9. The van der Waals surface area contributed by atoms with Crippen LogP contribution in [0.4, 0.5) is 0 Å². The second-order valence-electron chi connectivity index (χ2n) is 4.39. The number of amides is 1. The zero-order valence-electron chi connectivity index (χ0n) is 12.0. The van der Waals surface area contributed by atoms with E-state index >= 15 is 0 Å². The summed E-state index contributed by atoms with van der Waals surface area (Å²) in [6.45, 7) is 6.95. The molecule has 0 aliphatic heterocycles. The summed E-state index contributed by atoms with van der Waals surface area (Å²) in [4.78, 5) is 13.7. The highest BCUT2D eigenvalue weighted by atomic mass is 16.5. The number of hydrogen-bond donors (Lipinski definition) is 1. The van der Waals surface area contributed by atoms with E-state index in [0.717, 1.165) is 11.3 Å². The van der Waals surface area contributed by atoms with Gasteiger partial charge < -0.3 is 14.7 Å². The molecule has 0 radical (unpaired) electrons. The molecule has 1 amide bonds. The average Bonchev–Trinajstić information content (AvgIpc) is 2.46. The maximum atomic E-state index is 12.1. The van der Waals surface area contributed by atoms with Gasteiger partial charge in [0.05, 0.1) is 13.2 Å². The molecule has 0 unspecified atom stereocenters. The van der Waals surface area contributed by atoms with E-state index in [1.807, 2.05) is 31.2 Å². The summed E-state index contributed by atoms with van der Waals surface area (Å²) < 4.78 is 5.54. The second-order valence-corrected chi connectivity index (χ2v) is 4.39. The molecule has 20 heavy (non-hydrogen) atoms. The first kappa shape index (κ1) is 16.2. The van der Waals surface area contributed by atoms with Crippen LogP contribution in [-0.2, 0) is 11.2 Å². The van der Waals surface area contributed by atoms with Gasteiger partial charge in [-0.2, -0.15) is 0 Å². The minimum Gasteiger partial charge on any atom is -0.494 e. The number of nitrogens with zero attached hydrogens (tertiary/aromatic N) is 1. The first-order chi connectivity index (χ1) is 9.72. The molecule has 1 aromatic rings. The van der Waals surface area contributed by atoms with Gasteiger partial charge in [-0.1, -0.05) is 24.3 Å². The number of carbonyl (C=O) groups is 1. The second kappa shape index (κ2) is 9.15. The Morgan fingerprint density at radius 2 is 2.20 bits per heavy atom. The van der Waals surface area contributed by atoms with Crippen LogP contribution in [0, 0.1) is 0 Å². The Kier molecular flexibility index (Phi) is 7.43. The van der Waals surface area contributed by atoms with Crippen LogP contribution in [0.2, 0.25) is 0 Å². The number of aliphatic hydroxyl groups excluding tert-OH is 1. The van der Waals surface area contributed by atoms with Crippen molar-refractivity contribution < 1.29 is 14.6 Å². The van der Waals surface area contributed by atoms with E-state index in [2.05, 4.69) is 6.58 Å². The molecular formula is C16H23NO3. The molecule has 0 aliphatic carbocycles. The van der Waals surface area contributed by atoms with Crippen molar-refractivity contribution in [2.45, 2.75) is 19.8 Å². The number of para-hydroxylation sites is 1. The van der Waals surface area contributed by atoms with Crippen LogP contribution < -0.4 is 4.74 Å². The molecule has 4 heteroatoms. The fraction of sp³-hybridized carbons (Fsp3) is 0.438. The minimum absolute atomic E-state index is 0.0188. The predicted molar refractivity (Wildman–Crippen MR) is 79.8 cm³/mol. The van der Waals surface area contributed by atoms with E-state index in [1.54, 1.807) is 11.0 Å². The molecule has 0 atom stereocenters. The highest BCUT2D eigenvalue weighted by molar-refractivity contribution is 5.76. The lowest BCUT2D eigenvalue weighted by Gasteiger charge is -2.20. The van der Waals surface area contributed by atoms with Crippen molar-refractivity contribution in [2.24, 2.45) is 0 Å². The van der Waals surface area contributed by atoms with E-state index in [9.17, 15) is 4.79 Å². The third-order valence-corrected chi connectivity index (χ3v) is 2.95. The molecule has 0 saturated carbocycles. The van der Waals surface area contributed by atoms with E-state index in [1.165, 1.54) is 0 Å². The molecule has 0 heterocycles. The summed E-state index contributed by atoms with van der Waals surface area (Å²) in [5, 5.41) is 8.96. The normalized spacial score (nSPS) is 10.1. The van der Waals surface area contributed by atoms with Crippen molar-refractivity contribution in [3.8, 4) is 5.75 Å². The monoisotopic (exact) mass is 277 g/mol. The van der Waals surface area contributed by atoms with Gasteiger partial charge in [-0.3, -0.25) is 4.79 Å². The van der Waals surface area contributed by atoms with E-state index in [-0.39, 0.29) is 12.5 Å². The van der Waals surface area contributed by atoms with Crippen LogP contribution in [0.25, 0.3) is 0 Å². The number of hydrogen-bond acceptors (Lipinski definition) is 3. The highest BCUT2D eigenvalue weighted by Crippen LogP contribution is 2.19. The van der Waals surface area contributed by atoms with Gasteiger partial charge in [-0.05, 0) is 25.0 Å². The van der Waals surface area contributed by atoms with E-state index in [4.69, 9.17) is 9.84 Å². The topological polar surface area (TPSA) is 49.8 Å². The lowest BCUT2D eigenvalue weighted by molar-refractivity contribution is -0.131. The first-order valence-corrected chi connectivity index (χ1v) is 6.93. The van der Waals surface area contributed by atoms with Crippen molar-refractivity contribution in [3.05, 3.63) is 42.5 Å². The van der Waals surface area contributed by atoms with Crippen LogP contribution in [0.15, 0.2) is 36.9 Å². The molecule has 0 fully saturated rings. The number of benzene rings is 1. The van der Waals surface area contributed by atoms with Gasteiger partial charge in [0.2, 0.25) is 5.91 Å². The zero-order valence-corrected chi connectivity index (χ0v) is 12.0. The van der Waals surface area contributed by atoms with Crippen molar-refractivity contribution in [1.29, 1.82) is 0 Å². The van der Waals surface area contributed by atoms with Gasteiger partial charge in [0.1, 0.15) is 5.75 Å². The highest BCUT2D eigenvalue weighted by Gasteiger charge is 2.12. The van der Waals surface area contributed by atoms with Crippen molar-refractivity contribution >= 4 is 5.91 Å². The largest absolute Gasteiger partial charge is 0.494 e. The van der Waals surface area contributed by atoms with Gasteiger partial charge in [-0.15, -0.1) is 6.58 Å². The molecular weight excluding hydrogens is 254 g/mol. The Morgan fingerprint density at radius 3 is 2.85 bits per heavy atom. The van der Waals surface area contributed by atoms with Crippen molar-refractivity contribution in [3.63, 3.8) is 0 Å². The third kappa shape index (κ3) is 5.05. The Morgan fingerprint density at radius 1 is 1.45 bits per heavy atom. The number of aryl methyl sites for hydroxylation is 1.